The molecule has 0 bridgehead atoms. The van der Waals surface area contributed by atoms with Gasteiger partial charge in [-0.05, 0) is 13.8 Å². The lowest BCUT2D eigenvalue weighted by molar-refractivity contribution is 0.0732. The Balaban J connectivity index is 3.84. The number of phosphoric ester groups is 1. The lowest BCUT2D eigenvalue weighted by atomic mass is 10.4. The number of nitrogens with zero attached hydrogens (tertiary/aromatic N) is 1. The van der Waals surface area contributed by atoms with Crippen molar-refractivity contribution < 1.29 is 28.3 Å². The van der Waals surface area contributed by atoms with Crippen LogP contribution in [0.1, 0.15) is 13.8 Å². The van der Waals surface area contributed by atoms with Crippen molar-refractivity contribution in [2.45, 2.75) is 13.8 Å². The fourth-order valence-corrected chi connectivity index (χ4v) is 1.62. The average Bonchev–Trinajstić information content (AvgIpc) is 2.27. The van der Waals surface area contributed by atoms with Gasteiger partial charge >= 0.3 is 7.82 Å². The third-order valence-corrected chi connectivity index (χ3v) is 2.70. The SMILES string of the molecule is CCOCCN(CCOCC)CCOP(=O)(O)O. The van der Waals surface area contributed by atoms with Crippen LogP contribution >= 0.6 is 7.82 Å². The van der Waals surface area contributed by atoms with E-state index in [2.05, 4.69) is 4.52 Å². The van der Waals surface area contributed by atoms with Crippen LogP contribution in [0.4, 0.5) is 0 Å². The molecule has 8 heteroatoms. The van der Waals surface area contributed by atoms with Crippen LogP contribution in [0.15, 0.2) is 0 Å². The average molecular weight is 285 g/mol. The van der Waals surface area contributed by atoms with Gasteiger partial charge < -0.3 is 19.3 Å². The molecule has 0 aromatic carbocycles. The van der Waals surface area contributed by atoms with Gasteiger partial charge in [0.15, 0.2) is 0 Å². The first-order valence-electron chi connectivity index (χ1n) is 6.07. The van der Waals surface area contributed by atoms with E-state index in [9.17, 15) is 4.57 Å². The highest BCUT2D eigenvalue weighted by Gasteiger charge is 2.14. The molecular weight excluding hydrogens is 261 g/mol. The molecule has 0 aliphatic rings. The highest BCUT2D eigenvalue weighted by Crippen LogP contribution is 2.35. The van der Waals surface area contributed by atoms with Crippen LogP contribution in [-0.4, -0.2) is 67.4 Å². The van der Waals surface area contributed by atoms with Crippen molar-refractivity contribution in [2.75, 3.05) is 52.7 Å². The second-order valence-electron chi connectivity index (χ2n) is 3.56. The van der Waals surface area contributed by atoms with Crippen molar-refractivity contribution in [3.8, 4) is 0 Å². The molecule has 0 saturated heterocycles. The Morgan fingerprint density at radius 2 is 1.39 bits per heavy atom. The lowest BCUT2D eigenvalue weighted by Gasteiger charge is -2.21. The van der Waals surface area contributed by atoms with Gasteiger partial charge in [-0.1, -0.05) is 0 Å². The first-order chi connectivity index (χ1) is 8.49. The van der Waals surface area contributed by atoms with Crippen molar-refractivity contribution in [3.05, 3.63) is 0 Å². The molecule has 0 heterocycles. The molecule has 0 amide bonds. The van der Waals surface area contributed by atoms with E-state index in [0.717, 1.165) is 0 Å². The van der Waals surface area contributed by atoms with E-state index in [1.165, 1.54) is 0 Å². The second-order valence-corrected chi connectivity index (χ2v) is 4.80. The van der Waals surface area contributed by atoms with Gasteiger partial charge in [0.05, 0.1) is 19.8 Å². The fourth-order valence-electron chi connectivity index (χ4n) is 1.30. The summed E-state index contributed by atoms with van der Waals surface area (Å²) >= 11 is 0. The highest BCUT2D eigenvalue weighted by molar-refractivity contribution is 7.46. The summed E-state index contributed by atoms with van der Waals surface area (Å²) in [4.78, 5) is 19.1. The zero-order valence-electron chi connectivity index (χ0n) is 11.1. The van der Waals surface area contributed by atoms with E-state index in [-0.39, 0.29) is 6.61 Å². The topological polar surface area (TPSA) is 88.5 Å². The molecule has 110 valence electrons. The third-order valence-electron chi connectivity index (χ3n) is 2.18. The molecule has 0 saturated carbocycles. The predicted molar refractivity (Wildman–Crippen MR) is 67.4 cm³/mol. The Morgan fingerprint density at radius 1 is 0.944 bits per heavy atom. The molecule has 18 heavy (non-hydrogen) atoms. The zero-order chi connectivity index (χ0) is 13.9. The van der Waals surface area contributed by atoms with Crippen LogP contribution in [-0.2, 0) is 18.6 Å². The molecule has 0 atom stereocenters. The van der Waals surface area contributed by atoms with Gasteiger partial charge in [-0.2, -0.15) is 0 Å². The molecule has 0 spiro atoms. The van der Waals surface area contributed by atoms with E-state index in [1.54, 1.807) is 0 Å². The smallest absolute Gasteiger partial charge is 0.380 e. The van der Waals surface area contributed by atoms with Gasteiger partial charge in [0.2, 0.25) is 0 Å². The summed E-state index contributed by atoms with van der Waals surface area (Å²) in [7, 11) is -4.37. The Labute approximate surface area is 108 Å². The Morgan fingerprint density at radius 3 is 1.78 bits per heavy atom. The van der Waals surface area contributed by atoms with E-state index in [0.29, 0.717) is 46.1 Å². The number of hydrogen-bond donors (Lipinski definition) is 2. The van der Waals surface area contributed by atoms with Crippen molar-refractivity contribution in [2.24, 2.45) is 0 Å². The first kappa shape index (κ1) is 18.0. The molecule has 0 aliphatic heterocycles. The van der Waals surface area contributed by atoms with Crippen LogP contribution in [0.3, 0.4) is 0 Å². The van der Waals surface area contributed by atoms with Crippen LogP contribution in [0.25, 0.3) is 0 Å². The minimum Gasteiger partial charge on any atom is -0.380 e. The summed E-state index contributed by atoms with van der Waals surface area (Å²) in [6.45, 7) is 8.10. The number of hydrogen-bond acceptors (Lipinski definition) is 5. The monoisotopic (exact) mass is 285 g/mol. The van der Waals surface area contributed by atoms with Crippen molar-refractivity contribution in [1.29, 1.82) is 0 Å². The van der Waals surface area contributed by atoms with Crippen LogP contribution < -0.4 is 0 Å². The number of phosphoric acid groups is 1. The van der Waals surface area contributed by atoms with Gasteiger partial charge in [-0.25, -0.2) is 4.57 Å². The normalized spacial score (nSPS) is 12.3. The van der Waals surface area contributed by atoms with Gasteiger partial charge in [-0.15, -0.1) is 0 Å². The quantitative estimate of drug-likeness (QED) is 0.398. The number of rotatable bonds is 12. The van der Waals surface area contributed by atoms with Gasteiger partial charge in [0.25, 0.3) is 0 Å². The van der Waals surface area contributed by atoms with E-state index >= 15 is 0 Å². The predicted octanol–water partition coefficient (Wildman–Crippen LogP) is 0.471. The molecular formula is C10H24NO6P. The Bertz CT molecular complexity index is 224. The molecule has 0 fully saturated rings. The molecule has 0 radical (unpaired) electrons. The molecule has 0 aliphatic carbocycles. The van der Waals surface area contributed by atoms with Crippen molar-refractivity contribution in [3.63, 3.8) is 0 Å². The summed E-state index contributed by atoms with van der Waals surface area (Å²) in [5.74, 6) is 0. The Hall–Kier alpha value is -0.0100. The highest BCUT2D eigenvalue weighted by atomic mass is 31.2. The van der Waals surface area contributed by atoms with Gasteiger partial charge in [0.1, 0.15) is 0 Å². The fraction of sp³-hybridized carbons (Fsp3) is 1.00. The molecule has 0 rings (SSSR count). The van der Waals surface area contributed by atoms with Crippen molar-refractivity contribution in [1.82, 2.24) is 4.90 Å². The third kappa shape index (κ3) is 12.4. The van der Waals surface area contributed by atoms with Crippen LogP contribution in [0.2, 0.25) is 0 Å². The minimum atomic E-state index is -4.37. The van der Waals surface area contributed by atoms with E-state index in [4.69, 9.17) is 19.3 Å². The lowest BCUT2D eigenvalue weighted by Crippen LogP contribution is -2.33. The summed E-state index contributed by atoms with van der Waals surface area (Å²) < 4.78 is 25.4. The van der Waals surface area contributed by atoms with Crippen LogP contribution in [0.5, 0.6) is 0 Å². The summed E-state index contributed by atoms with van der Waals surface area (Å²) in [6.07, 6.45) is 0. The minimum absolute atomic E-state index is 0.0114. The second kappa shape index (κ2) is 10.9. The summed E-state index contributed by atoms with van der Waals surface area (Å²) in [5, 5.41) is 0. The number of ether oxygens (including phenoxy) is 2. The van der Waals surface area contributed by atoms with E-state index < -0.39 is 7.82 Å². The maximum atomic E-state index is 10.5. The van der Waals surface area contributed by atoms with Crippen molar-refractivity contribution >= 4 is 7.82 Å². The molecule has 0 aromatic rings. The molecule has 2 N–H and O–H groups in total. The van der Waals surface area contributed by atoms with Gasteiger partial charge in [0, 0.05) is 32.8 Å². The van der Waals surface area contributed by atoms with Crippen LogP contribution in [0, 0.1) is 0 Å². The molecule has 0 unspecified atom stereocenters. The van der Waals surface area contributed by atoms with Gasteiger partial charge in [-0.3, -0.25) is 9.42 Å². The maximum Gasteiger partial charge on any atom is 0.469 e. The standard InChI is InChI=1S/C10H24NO6P/c1-3-15-8-5-11(6-9-16-4-2)7-10-17-18(12,13)14/h3-10H2,1-2H3,(H2,12,13,14). The molecule has 7 nitrogen and oxygen atoms in total. The zero-order valence-corrected chi connectivity index (χ0v) is 12.0. The maximum absolute atomic E-state index is 10.5. The summed E-state index contributed by atoms with van der Waals surface area (Å²) in [6, 6.07) is 0. The van der Waals surface area contributed by atoms with E-state index in [1.807, 2.05) is 18.7 Å². The molecule has 0 aromatic heterocycles. The Kier molecular flexibility index (Phi) is 10.9. The first-order valence-corrected chi connectivity index (χ1v) is 7.60. The largest absolute Gasteiger partial charge is 0.469 e. The summed E-state index contributed by atoms with van der Waals surface area (Å²) in [5.41, 5.74) is 0.